The molecule has 2 bridgehead atoms. The Hall–Kier alpha value is -2.17. The van der Waals surface area contributed by atoms with E-state index in [0.717, 1.165) is 44.6 Å². The molecule has 8 atom stereocenters. The van der Waals surface area contributed by atoms with Crippen molar-refractivity contribution in [3.8, 4) is 0 Å². The fraction of sp³-hybridized carbons (Fsp3) is 0.750. The fourth-order valence-corrected chi connectivity index (χ4v) is 8.49. The third kappa shape index (κ3) is 7.66. The molecule has 10 heteroatoms. The smallest absolute Gasteiger partial charge is 0.328 e. The van der Waals surface area contributed by atoms with Crippen LogP contribution in [0.2, 0.25) is 0 Å². The molecule has 42 heavy (non-hydrogen) atoms. The lowest BCUT2D eigenvalue weighted by Gasteiger charge is -2.61. The summed E-state index contributed by atoms with van der Waals surface area (Å²) in [6.07, 6.45) is 5.76. The third-order valence-corrected chi connectivity index (χ3v) is 11.5. The maximum Gasteiger partial charge on any atom is 0.328 e. The highest BCUT2D eigenvalue weighted by molar-refractivity contribution is 7.99. The first-order chi connectivity index (χ1) is 19.6. The molecular formula is C32H51NO8S. The van der Waals surface area contributed by atoms with Crippen LogP contribution in [0.15, 0.2) is 24.8 Å². The Balaban J connectivity index is 0.000000675. The van der Waals surface area contributed by atoms with Gasteiger partial charge in [-0.1, -0.05) is 47.6 Å². The van der Waals surface area contributed by atoms with Crippen molar-refractivity contribution in [1.29, 1.82) is 0 Å². The molecule has 0 saturated heterocycles. The van der Waals surface area contributed by atoms with E-state index in [1.807, 2.05) is 13.0 Å². The van der Waals surface area contributed by atoms with Gasteiger partial charge in [-0.05, 0) is 56.0 Å². The van der Waals surface area contributed by atoms with Crippen molar-refractivity contribution < 1.29 is 39.2 Å². The Bertz CT molecular complexity index is 1010. The van der Waals surface area contributed by atoms with Crippen LogP contribution in [0, 0.1) is 34.0 Å². The molecule has 3 aliphatic carbocycles. The Kier molecular flexibility index (Phi) is 12.9. The molecule has 3 saturated carbocycles. The second kappa shape index (κ2) is 15.0. The molecule has 0 amide bonds. The lowest BCUT2D eigenvalue weighted by atomic mass is 9.44. The predicted molar refractivity (Wildman–Crippen MR) is 164 cm³/mol. The Morgan fingerprint density at radius 3 is 2.21 bits per heavy atom. The van der Waals surface area contributed by atoms with E-state index in [0.29, 0.717) is 36.5 Å². The summed E-state index contributed by atoms with van der Waals surface area (Å²) >= 11 is 1.61. The van der Waals surface area contributed by atoms with Crippen LogP contribution in [-0.4, -0.2) is 87.3 Å². The van der Waals surface area contributed by atoms with Crippen molar-refractivity contribution in [3.05, 3.63) is 24.8 Å². The minimum absolute atomic E-state index is 0.00828. The summed E-state index contributed by atoms with van der Waals surface area (Å²) in [7, 11) is 0. The van der Waals surface area contributed by atoms with E-state index in [9.17, 15) is 24.3 Å². The lowest BCUT2D eigenvalue weighted by Crippen LogP contribution is -2.63. The monoisotopic (exact) mass is 609 g/mol. The normalized spacial score (nSPS) is 35.9. The Morgan fingerprint density at radius 1 is 1.10 bits per heavy atom. The molecule has 3 N–H and O–H groups in total. The first-order valence-electron chi connectivity index (χ1n) is 15.1. The van der Waals surface area contributed by atoms with Crippen LogP contribution >= 0.6 is 11.8 Å². The van der Waals surface area contributed by atoms with Gasteiger partial charge in [-0.3, -0.25) is 9.59 Å². The molecule has 9 nitrogen and oxygen atoms in total. The zero-order valence-electron chi connectivity index (χ0n) is 26.1. The van der Waals surface area contributed by atoms with E-state index in [4.69, 9.17) is 14.9 Å². The van der Waals surface area contributed by atoms with Crippen molar-refractivity contribution >= 4 is 35.5 Å². The number of nitrogens with zero attached hydrogens (tertiary/aromatic N) is 1. The molecule has 0 aromatic rings. The number of aliphatic hydroxyl groups is 1. The first-order valence-corrected chi connectivity index (χ1v) is 16.3. The van der Waals surface area contributed by atoms with Crippen molar-refractivity contribution in [3.63, 3.8) is 0 Å². The number of carbonyl (C=O) groups excluding carboxylic acids is 2. The quantitative estimate of drug-likeness (QED) is 0.131. The number of carbonyl (C=O) groups is 4. The summed E-state index contributed by atoms with van der Waals surface area (Å²) < 4.78 is 6.30. The lowest BCUT2D eigenvalue weighted by molar-refractivity contribution is -0.205. The van der Waals surface area contributed by atoms with Gasteiger partial charge in [-0.2, -0.15) is 0 Å². The van der Waals surface area contributed by atoms with Gasteiger partial charge >= 0.3 is 17.9 Å². The zero-order valence-corrected chi connectivity index (χ0v) is 27.0. The van der Waals surface area contributed by atoms with E-state index in [-0.39, 0.29) is 29.1 Å². The van der Waals surface area contributed by atoms with Gasteiger partial charge in [0.2, 0.25) is 0 Å². The average molecular weight is 610 g/mol. The summed E-state index contributed by atoms with van der Waals surface area (Å²) in [6, 6.07) is 0. The number of ketones is 1. The molecular weight excluding hydrogens is 558 g/mol. The van der Waals surface area contributed by atoms with E-state index in [1.54, 1.807) is 11.8 Å². The molecule has 0 unspecified atom stereocenters. The van der Waals surface area contributed by atoms with E-state index in [2.05, 4.69) is 46.1 Å². The first kappa shape index (κ1) is 36.0. The zero-order chi connectivity index (χ0) is 31.9. The number of aliphatic carboxylic acids is 2. The number of thioether (sulfide) groups is 1. The highest BCUT2D eigenvalue weighted by Crippen LogP contribution is 2.68. The summed E-state index contributed by atoms with van der Waals surface area (Å²) in [4.78, 5) is 48.0. The maximum absolute atomic E-state index is 13.4. The number of hydrogen-bond acceptors (Lipinski definition) is 8. The molecule has 238 valence electrons. The average Bonchev–Trinajstić information content (AvgIpc) is 3.30. The van der Waals surface area contributed by atoms with E-state index in [1.165, 1.54) is 0 Å². The number of esters is 1. The van der Waals surface area contributed by atoms with Gasteiger partial charge in [-0.15, -0.1) is 18.3 Å². The predicted octanol–water partition coefficient (Wildman–Crippen LogP) is 4.68. The molecule has 3 rings (SSSR count). The minimum atomic E-state index is -1.26. The summed E-state index contributed by atoms with van der Waals surface area (Å²) in [6.45, 7) is 20.0. The van der Waals surface area contributed by atoms with Gasteiger partial charge < -0.3 is 25.0 Å². The number of rotatable bonds is 11. The number of ether oxygens (including phenoxy) is 1. The summed E-state index contributed by atoms with van der Waals surface area (Å²) in [5, 5.41) is 27.2. The van der Waals surface area contributed by atoms with Crippen LogP contribution < -0.4 is 0 Å². The number of carboxylic acids is 2. The fourth-order valence-electron chi connectivity index (χ4n) is 7.73. The summed E-state index contributed by atoms with van der Waals surface area (Å²) in [5.74, 6) is -1.14. The second-order valence-electron chi connectivity index (χ2n) is 12.7. The molecule has 3 aliphatic rings. The highest BCUT2D eigenvalue weighted by Gasteiger charge is 2.68. The maximum atomic E-state index is 13.4. The highest BCUT2D eigenvalue weighted by atomic mass is 32.2. The number of carboxylic acid groups (broad SMARTS) is 2. The number of Topliss-reactive ketones (excluding diaryl/α,β-unsaturated/α-hetero) is 1. The molecule has 0 spiro atoms. The van der Waals surface area contributed by atoms with Crippen LogP contribution in [0.1, 0.15) is 73.6 Å². The van der Waals surface area contributed by atoms with Gasteiger partial charge in [-0.25, -0.2) is 9.59 Å². The van der Waals surface area contributed by atoms with Crippen LogP contribution in [0.5, 0.6) is 0 Å². The summed E-state index contributed by atoms with van der Waals surface area (Å²) in [5.41, 5.74) is -1.25. The minimum Gasteiger partial charge on any atom is -0.478 e. The molecule has 0 radical (unpaired) electrons. The largest absolute Gasteiger partial charge is 0.478 e. The van der Waals surface area contributed by atoms with E-state index < -0.39 is 35.0 Å². The molecule has 0 aliphatic heterocycles. The third-order valence-electron chi connectivity index (χ3n) is 10.6. The standard InChI is InChI=1S/C28H47NO4S.C4H4O4/c1-8-26(6)17-22(33-23(31)18-34-16-15-29(9-2)10-3)27(7)19(4)11-13-28(20(5)25(26)32)14-12-21(30)24(27)28;5-3(6)1-2-4(7)8/h8,19-20,22,24-25,32H,1,9-18H2,2-7H3;1-2H,(H,5,6)(H,7,8)/t19-,20+,22-,24+,25+,26-,27-,28+;/m1./s1. The van der Waals surface area contributed by atoms with Crippen molar-refractivity contribution in [2.24, 2.45) is 34.0 Å². The Labute approximate surface area is 255 Å². The van der Waals surface area contributed by atoms with Crippen LogP contribution in [0.4, 0.5) is 0 Å². The molecule has 3 fully saturated rings. The molecule has 0 aromatic carbocycles. The van der Waals surface area contributed by atoms with Crippen LogP contribution in [0.25, 0.3) is 0 Å². The van der Waals surface area contributed by atoms with Gasteiger partial charge in [0.25, 0.3) is 0 Å². The topological polar surface area (TPSA) is 141 Å². The SMILES string of the molecule is C=C[C@]1(C)C[C@@H](OC(=O)CSCCN(CC)CC)[C@@]2(C)[C@H](C)CC[C@]3(CCC(=O)[C@H]32)[C@@H](C)[C@@H]1O.O=C(O)C=CC(=O)O. The number of hydrogen-bond donors (Lipinski definition) is 3. The Morgan fingerprint density at radius 2 is 1.69 bits per heavy atom. The van der Waals surface area contributed by atoms with Crippen molar-refractivity contribution in [2.45, 2.75) is 85.9 Å². The van der Waals surface area contributed by atoms with Gasteiger partial charge in [0, 0.05) is 47.6 Å². The van der Waals surface area contributed by atoms with E-state index >= 15 is 0 Å². The molecule has 0 heterocycles. The van der Waals surface area contributed by atoms with Gasteiger partial charge in [0.1, 0.15) is 11.9 Å². The van der Waals surface area contributed by atoms with Crippen LogP contribution in [0.3, 0.4) is 0 Å². The number of aliphatic hydroxyl groups excluding tert-OH is 1. The molecule has 0 aromatic heterocycles. The second-order valence-corrected chi connectivity index (χ2v) is 13.8. The van der Waals surface area contributed by atoms with Crippen LogP contribution in [-0.2, 0) is 23.9 Å². The van der Waals surface area contributed by atoms with Crippen molar-refractivity contribution in [1.82, 2.24) is 4.90 Å². The van der Waals surface area contributed by atoms with Gasteiger partial charge in [0.15, 0.2) is 0 Å². The van der Waals surface area contributed by atoms with Crippen molar-refractivity contribution in [2.75, 3.05) is 31.1 Å². The van der Waals surface area contributed by atoms with Gasteiger partial charge in [0.05, 0.1) is 11.9 Å².